The number of para-hydroxylation sites is 1. The molecule has 1 unspecified atom stereocenters. The van der Waals surface area contributed by atoms with E-state index < -0.39 is 10.1 Å². The Hall–Kier alpha value is -2.09. The van der Waals surface area contributed by atoms with E-state index in [-0.39, 0.29) is 11.6 Å². The first-order valence-electron chi connectivity index (χ1n) is 5.36. The lowest BCUT2D eigenvalue weighted by molar-refractivity contribution is 0.241. The second-order valence-electron chi connectivity index (χ2n) is 3.55. The van der Waals surface area contributed by atoms with Gasteiger partial charge in [0.15, 0.2) is 5.69 Å². The number of quaternary nitrogens is 1. The van der Waals surface area contributed by atoms with Crippen LogP contribution in [0.3, 0.4) is 0 Å². The lowest BCUT2D eigenvalue weighted by Crippen LogP contribution is -2.46. The maximum Gasteiger partial charge on any atom is 0.433 e. The standard InChI is InChI=1S/C12H11N3O3S/c13-12(16)15(17,10-6-2-1-3-7-10)19-18-11-8-4-5-9-14-11/h1-9H,(H2,13,16). The molecule has 2 aromatic rings. The molecular formula is C12H11N3O3S. The number of carbonyl (C=O) groups excluding carboxylic acids is 1. The fourth-order valence-electron chi connectivity index (χ4n) is 1.32. The quantitative estimate of drug-likeness (QED) is 0.401. The van der Waals surface area contributed by atoms with Gasteiger partial charge in [0.05, 0.1) is 0 Å². The average Bonchev–Trinajstić information content (AvgIpc) is 2.46. The molecule has 0 aliphatic heterocycles. The van der Waals surface area contributed by atoms with Gasteiger partial charge >= 0.3 is 18.3 Å². The number of hydrogen-bond acceptors (Lipinski definition) is 5. The Labute approximate surface area is 114 Å². The number of nitrogens with two attached hydrogens (primary N) is 1. The summed E-state index contributed by atoms with van der Waals surface area (Å²) in [5.41, 5.74) is 5.34. The predicted octanol–water partition coefficient (Wildman–Crippen LogP) is 2.61. The van der Waals surface area contributed by atoms with Crippen molar-refractivity contribution in [1.29, 1.82) is 0 Å². The molecule has 0 aliphatic carbocycles. The van der Waals surface area contributed by atoms with Crippen LogP contribution in [0.25, 0.3) is 0 Å². The van der Waals surface area contributed by atoms with Gasteiger partial charge in [0.25, 0.3) is 0 Å². The Kier molecular flexibility index (Phi) is 4.00. The van der Waals surface area contributed by atoms with Crippen LogP contribution in [0.1, 0.15) is 0 Å². The minimum Gasteiger partial charge on any atom is -0.603 e. The normalized spacial score (nSPS) is 13.5. The van der Waals surface area contributed by atoms with Gasteiger partial charge in [-0.2, -0.15) is 0 Å². The summed E-state index contributed by atoms with van der Waals surface area (Å²) in [5.74, 6) is 0.225. The minimum atomic E-state index is -1.47. The van der Waals surface area contributed by atoms with Gasteiger partial charge in [-0.1, -0.05) is 24.3 Å². The maximum absolute atomic E-state index is 12.4. The molecule has 0 aliphatic rings. The van der Waals surface area contributed by atoms with E-state index >= 15 is 0 Å². The van der Waals surface area contributed by atoms with Gasteiger partial charge in [0.2, 0.25) is 5.88 Å². The van der Waals surface area contributed by atoms with Gasteiger partial charge in [-0.15, -0.1) is 4.05 Å². The molecule has 1 aromatic carbocycles. The molecule has 19 heavy (non-hydrogen) atoms. The van der Waals surface area contributed by atoms with E-state index in [1.807, 2.05) is 0 Å². The van der Waals surface area contributed by atoms with Crippen LogP contribution in [-0.2, 0) is 0 Å². The van der Waals surface area contributed by atoms with Crippen molar-refractivity contribution < 1.29 is 8.98 Å². The third-order valence-electron chi connectivity index (χ3n) is 2.25. The molecule has 0 saturated heterocycles. The number of pyridine rings is 1. The molecule has 0 radical (unpaired) electrons. The highest BCUT2D eigenvalue weighted by Gasteiger charge is 2.32. The minimum absolute atomic E-state index is 0.177. The summed E-state index contributed by atoms with van der Waals surface area (Å²) in [6, 6.07) is 11.9. The topological polar surface area (TPSA) is 88.3 Å². The summed E-state index contributed by atoms with van der Waals surface area (Å²) in [4.78, 5) is 15.3. The number of urea groups is 1. The summed E-state index contributed by atoms with van der Waals surface area (Å²) in [7, 11) is 0. The average molecular weight is 277 g/mol. The van der Waals surface area contributed by atoms with E-state index in [0.717, 1.165) is 0 Å². The highest BCUT2D eigenvalue weighted by atomic mass is 32.2. The molecule has 6 nitrogen and oxygen atoms in total. The Morgan fingerprint density at radius 3 is 2.47 bits per heavy atom. The van der Waals surface area contributed by atoms with Crippen LogP contribution >= 0.6 is 12.2 Å². The maximum atomic E-state index is 12.4. The van der Waals surface area contributed by atoms with Crippen molar-refractivity contribution in [2.24, 2.45) is 5.73 Å². The zero-order chi connectivity index (χ0) is 13.7. The molecule has 0 saturated carbocycles. The van der Waals surface area contributed by atoms with Gasteiger partial charge < -0.3 is 15.1 Å². The molecule has 1 heterocycles. The van der Waals surface area contributed by atoms with Crippen molar-refractivity contribution in [2.45, 2.75) is 0 Å². The van der Waals surface area contributed by atoms with Gasteiger partial charge in [0.1, 0.15) is 0 Å². The second-order valence-corrected chi connectivity index (χ2v) is 4.38. The summed E-state index contributed by atoms with van der Waals surface area (Å²) in [5, 5.41) is 12.4. The smallest absolute Gasteiger partial charge is 0.433 e. The number of primary amides is 1. The van der Waals surface area contributed by atoms with Gasteiger partial charge in [-0.25, -0.2) is 9.78 Å². The molecule has 1 aromatic heterocycles. The Balaban J connectivity index is 2.19. The van der Waals surface area contributed by atoms with Gasteiger partial charge in [-0.05, 0) is 6.07 Å². The van der Waals surface area contributed by atoms with E-state index in [9.17, 15) is 10.0 Å². The molecule has 1 atom stereocenters. The number of benzene rings is 1. The molecule has 2 rings (SSSR count). The predicted molar refractivity (Wildman–Crippen MR) is 73.6 cm³/mol. The summed E-state index contributed by atoms with van der Waals surface area (Å²) >= 11 is 0.383. The van der Waals surface area contributed by atoms with Crippen LogP contribution in [0, 0.1) is 5.21 Å². The molecule has 7 heteroatoms. The Morgan fingerprint density at radius 2 is 1.89 bits per heavy atom. The lowest BCUT2D eigenvalue weighted by atomic mass is 10.3. The fraction of sp³-hybridized carbons (Fsp3) is 0. The molecular weight excluding hydrogens is 266 g/mol. The van der Waals surface area contributed by atoms with Crippen molar-refractivity contribution in [3.63, 3.8) is 0 Å². The highest BCUT2D eigenvalue weighted by molar-refractivity contribution is 7.95. The fourth-order valence-corrected chi connectivity index (χ4v) is 1.88. The molecule has 0 fully saturated rings. The molecule has 2 amide bonds. The van der Waals surface area contributed by atoms with Gasteiger partial charge in [0, 0.05) is 24.4 Å². The number of hydrogen-bond donors (Lipinski definition) is 1. The zero-order valence-corrected chi connectivity index (χ0v) is 10.6. The van der Waals surface area contributed by atoms with E-state index in [0.29, 0.717) is 12.2 Å². The van der Waals surface area contributed by atoms with Gasteiger partial charge in [-0.3, -0.25) is 0 Å². The summed E-state index contributed by atoms with van der Waals surface area (Å²) < 4.78 is 3.68. The third-order valence-corrected chi connectivity index (χ3v) is 3.10. The number of rotatable bonds is 4. The van der Waals surface area contributed by atoms with Crippen molar-refractivity contribution in [1.82, 2.24) is 9.04 Å². The summed E-state index contributed by atoms with van der Waals surface area (Å²) in [6.07, 6.45) is 1.52. The largest absolute Gasteiger partial charge is 0.603 e. The number of nitrogens with zero attached hydrogens (tertiary/aromatic N) is 2. The first-order valence-corrected chi connectivity index (χ1v) is 6.06. The molecule has 0 spiro atoms. The first kappa shape index (κ1) is 13.3. The summed E-state index contributed by atoms with van der Waals surface area (Å²) in [6.45, 7) is 0. The van der Waals surface area contributed by atoms with Crippen molar-refractivity contribution >= 4 is 23.9 Å². The lowest BCUT2D eigenvalue weighted by Gasteiger charge is -2.31. The van der Waals surface area contributed by atoms with Crippen molar-refractivity contribution in [3.8, 4) is 5.88 Å². The van der Waals surface area contributed by atoms with Crippen LogP contribution in [0.15, 0.2) is 54.7 Å². The van der Waals surface area contributed by atoms with Crippen LogP contribution in [-0.4, -0.2) is 11.0 Å². The number of amides is 2. The third kappa shape index (κ3) is 3.02. The zero-order valence-electron chi connectivity index (χ0n) is 9.80. The van der Waals surface area contributed by atoms with E-state index in [1.54, 1.807) is 36.4 Å². The highest BCUT2D eigenvalue weighted by Crippen LogP contribution is 2.32. The number of aromatic nitrogens is 1. The van der Waals surface area contributed by atoms with E-state index in [2.05, 4.69) is 4.98 Å². The number of carbonyl (C=O) groups is 1. The first-order chi connectivity index (χ1) is 9.13. The molecule has 0 bridgehead atoms. The van der Waals surface area contributed by atoms with Crippen LogP contribution in [0.4, 0.5) is 10.5 Å². The monoisotopic (exact) mass is 277 g/mol. The van der Waals surface area contributed by atoms with E-state index in [1.165, 1.54) is 18.3 Å². The van der Waals surface area contributed by atoms with E-state index in [4.69, 9.17) is 9.92 Å². The second kappa shape index (κ2) is 5.70. The van der Waals surface area contributed by atoms with Crippen molar-refractivity contribution in [2.75, 3.05) is 0 Å². The van der Waals surface area contributed by atoms with Crippen LogP contribution < -0.4 is 14.0 Å². The molecule has 98 valence electrons. The molecule has 2 N–H and O–H groups in total. The van der Waals surface area contributed by atoms with Crippen LogP contribution in [0.5, 0.6) is 5.88 Å². The van der Waals surface area contributed by atoms with Crippen LogP contribution in [0.2, 0.25) is 0 Å². The van der Waals surface area contributed by atoms with Crippen molar-refractivity contribution in [3.05, 3.63) is 59.9 Å². The Morgan fingerprint density at radius 1 is 1.21 bits per heavy atom. The SMILES string of the molecule is NC(=O)[N+]([O-])(SOc1ccccn1)c1ccccc1. The number of hydroxylamine groups is 1. The Bertz CT molecular complexity index is 553.